The largest absolute Gasteiger partial charge is 0.421 e. The summed E-state index contributed by atoms with van der Waals surface area (Å²) in [5.74, 6) is -1.93. The minimum atomic E-state index is -4.59. The summed E-state index contributed by atoms with van der Waals surface area (Å²) in [5.41, 5.74) is 6.20. The van der Waals surface area contributed by atoms with E-state index in [1.807, 2.05) is 0 Å². The molecule has 0 spiro atoms. The van der Waals surface area contributed by atoms with Gasteiger partial charge in [0.1, 0.15) is 17.6 Å². The van der Waals surface area contributed by atoms with Crippen LogP contribution in [0.3, 0.4) is 0 Å². The Bertz CT molecular complexity index is 863. The number of alkyl halides is 4. The van der Waals surface area contributed by atoms with Crippen molar-refractivity contribution in [1.82, 2.24) is 25.3 Å². The van der Waals surface area contributed by atoms with Gasteiger partial charge in [-0.3, -0.25) is 15.3 Å². The molecule has 2 saturated heterocycles. The van der Waals surface area contributed by atoms with E-state index >= 15 is 0 Å². The van der Waals surface area contributed by atoms with Gasteiger partial charge in [-0.25, -0.2) is 9.38 Å². The molecule has 1 aromatic heterocycles. The zero-order chi connectivity index (χ0) is 21.7. The van der Waals surface area contributed by atoms with Crippen LogP contribution in [0, 0.1) is 6.92 Å². The molecular weight excluding hydrogens is 406 g/mol. The lowest BCUT2D eigenvalue weighted by Crippen LogP contribution is -2.55. The zero-order valence-corrected chi connectivity index (χ0v) is 16.7. The first-order chi connectivity index (χ1) is 14.1. The summed E-state index contributed by atoms with van der Waals surface area (Å²) in [7, 11) is 1.36. The van der Waals surface area contributed by atoms with Gasteiger partial charge in [-0.1, -0.05) is 0 Å². The number of nitrogens with two attached hydrogens (primary N) is 1. The highest BCUT2D eigenvalue weighted by Gasteiger charge is 2.43. The van der Waals surface area contributed by atoms with Crippen molar-refractivity contribution in [1.29, 1.82) is 0 Å². The second-order valence-corrected chi connectivity index (χ2v) is 7.85. The number of hydrogen-bond donors (Lipinski definition) is 3. The maximum absolute atomic E-state index is 14.9. The van der Waals surface area contributed by atoms with Crippen molar-refractivity contribution >= 4 is 6.21 Å². The molecule has 0 radical (unpaired) electrons. The van der Waals surface area contributed by atoms with Gasteiger partial charge in [-0.05, 0) is 13.3 Å². The number of hydrogen-bond acceptors (Lipinski definition) is 7. The SMILES string of the molecule is CNC1=C(C(F)(F)F)C=NC(N)(c2cn(C3CCN(C4COC4)CC3F)nc2C)N1. The van der Waals surface area contributed by atoms with Crippen molar-refractivity contribution in [3.05, 3.63) is 28.8 Å². The fraction of sp³-hybridized carbons (Fsp3) is 0.667. The maximum atomic E-state index is 14.9. The van der Waals surface area contributed by atoms with Crippen LogP contribution in [0.15, 0.2) is 22.6 Å². The molecule has 2 fully saturated rings. The molecule has 4 rings (SSSR count). The Balaban J connectivity index is 1.54. The van der Waals surface area contributed by atoms with Crippen LogP contribution in [0.1, 0.15) is 23.7 Å². The average Bonchev–Trinajstić information content (AvgIpc) is 3.01. The number of aromatic nitrogens is 2. The molecule has 3 atom stereocenters. The predicted octanol–water partition coefficient (Wildman–Crippen LogP) is 0.912. The monoisotopic (exact) mass is 431 g/mol. The third-order valence-electron chi connectivity index (χ3n) is 5.88. The first-order valence-electron chi connectivity index (χ1n) is 9.76. The number of rotatable bonds is 4. The molecule has 1 aromatic rings. The minimum Gasteiger partial charge on any atom is -0.378 e. The van der Waals surface area contributed by atoms with Crippen LogP contribution in [0.25, 0.3) is 0 Å². The Labute approximate surface area is 171 Å². The topological polar surface area (TPSA) is 92.7 Å². The third kappa shape index (κ3) is 3.67. The Morgan fingerprint density at radius 3 is 2.67 bits per heavy atom. The summed E-state index contributed by atoms with van der Waals surface area (Å²) >= 11 is 0. The number of likely N-dealkylation sites (tertiary alicyclic amines) is 1. The molecule has 0 aromatic carbocycles. The molecule has 0 saturated carbocycles. The predicted molar refractivity (Wildman–Crippen MR) is 101 cm³/mol. The van der Waals surface area contributed by atoms with Crippen molar-refractivity contribution < 1.29 is 22.3 Å². The highest BCUT2D eigenvalue weighted by molar-refractivity contribution is 5.82. The molecule has 0 aliphatic carbocycles. The molecular formula is C18H25F4N7O. The first-order valence-corrected chi connectivity index (χ1v) is 9.76. The van der Waals surface area contributed by atoms with E-state index in [1.165, 1.54) is 11.7 Å². The maximum Gasteiger partial charge on any atom is 0.421 e. The molecule has 4 N–H and O–H groups in total. The number of halogens is 4. The lowest BCUT2D eigenvalue weighted by Gasteiger charge is -2.42. The molecule has 0 bridgehead atoms. The first kappa shape index (κ1) is 21.1. The summed E-state index contributed by atoms with van der Waals surface area (Å²) in [6.07, 6.45) is -2.88. The second-order valence-electron chi connectivity index (χ2n) is 7.85. The van der Waals surface area contributed by atoms with Crippen LogP contribution in [0.4, 0.5) is 17.6 Å². The van der Waals surface area contributed by atoms with E-state index < -0.39 is 29.7 Å². The fourth-order valence-corrected chi connectivity index (χ4v) is 4.08. The number of nitrogens with zero attached hydrogens (tertiary/aromatic N) is 4. The second kappa shape index (κ2) is 7.50. The number of aliphatic imine (C=N–C) groups is 1. The molecule has 12 heteroatoms. The number of ether oxygens (including phenoxy) is 1. The van der Waals surface area contributed by atoms with E-state index in [-0.39, 0.29) is 11.9 Å². The molecule has 8 nitrogen and oxygen atoms in total. The van der Waals surface area contributed by atoms with E-state index in [9.17, 15) is 17.6 Å². The molecule has 3 aliphatic heterocycles. The summed E-state index contributed by atoms with van der Waals surface area (Å²) in [6, 6.07) is -0.210. The zero-order valence-electron chi connectivity index (χ0n) is 16.7. The number of allylic oxidation sites excluding steroid dienone is 1. The van der Waals surface area contributed by atoms with Crippen molar-refractivity contribution in [2.45, 2.75) is 43.6 Å². The van der Waals surface area contributed by atoms with Gasteiger partial charge in [0.05, 0.1) is 36.6 Å². The average molecular weight is 431 g/mol. The van der Waals surface area contributed by atoms with Crippen molar-refractivity contribution in [3.8, 4) is 0 Å². The van der Waals surface area contributed by atoms with Gasteiger partial charge >= 0.3 is 6.18 Å². The van der Waals surface area contributed by atoms with Crippen LogP contribution in [-0.4, -0.2) is 72.6 Å². The van der Waals surface area contributed by atoms with Gasteiger partial charge in [-0.15, -0.1) is 0 Å². The normalized spacial score (nSPS) is 30.9. The standard InChI is InChI=1S/C18H25F4N7O/c1-10-13(18(23)25-5-12(17(20,21)22)16(24-2)26-18)6-29(27-10)15-3-4-28(7-14(15)19)11-8-30-9-11/h5-6,11,14-15,24,26H,3-4,7-9,23H2,1-2H3. The summed E-state index contributed by atoms with van der Waals surface area (Å²) in [5, 5.41) is 9.51. The van der Waals surface area contributed by atoms with Gasteiger partial charge < -0.3 is 15.4 Å². The third-order valence-corrected chi connectivity index (χ3v) is 5.88. The molecule has 3 unspecified atom stereocenters. The van der Waals surface area contributed by atoms with E-state index in [0.29, 0.717) is 43.7 Å². The Morgan fingerprint density at radius 1 is 1.37 bits per heavy atom. The highest BCUT2D eigenvalue weighted by Crippen LogP contribution is 2.33. The van der Waals surface area contributed by atoms with Crippen LogP contribution < -0.4 is 16.4 Å². The number of aryl methyl sites for hydroxylation is 1. The Morgan fingerprint density at radius 2 is 2.10 bits per heavy atom. The van der Waals surface area contributed by atoms with E-state index in [0.717, 1.165) is 6.54 Å². The van der Waals surface area contributed by atoms with Gasteiger partial charge in [-0.2, -0.15) is 18.3 Å². The van der Waals surface area contributed by atoms with E-state index in [1.54, 1.807) is 13.1 Å². The van der Waals surface area contributed by atoms with Crippen LogP contribution in [0.5, 0.6) is 0 Å². The molecule has 3 aliphatic rings. The van der Waals surface area contributed by atoms with Gasteiger partial charge in [0.15, 0.2) is 0 Å². The number of piperidine rings is 1. The van der Waals surface area contributed by atoms with Gasteiger partial charge in [0, 0.05) is 32.5 Å². The van der Waals surface area contributed by atoms with Gasteiger partial charge in [0.25, 0.3) is 0 Å². The summed E-state index contributed by atoms with van der Waals surface area (Å²) in [4.78, 5) is 6.01. The van der Waals surface area contributed by atoms with Crippen LogP contribution in [-0.2, 0) is 10.5 Å². The smallest absolute Gasteiger partial charge is 0.378 e. The minimum absolute atomic E-state index is 0.266. The lowest BCUT2D eigenvalue weighted by molar-refractivity contribution is -0.0876. The molecule has 0 amide bonds. The van der Waals surface area contributed by atoms with Crippen molar-refractivity contribution in [3.63, 3.8) is 0 Å². The van der Waals surface area contributed by atoms with Gasteiger partial charge in [0.2, 0.25) is 5.79 Å². The Hall–Kier alpha value is -2.18. The van der Waals surface area contributed by atoms with E-state index in [2.05, 4.69) is 25.6 Å². The Kier molecular flexibility index (Phi) is 5.27. The molecule has 4 heterocycles. The number of nitrogens with one attached hydrogen (secondary N) is 2. The fourth-order valence-electron chi connectivity index (χ4n) is 4.08. The lowest BCUT2D eigenvalue weighted by atomic mass is 10.0. The molecule has 30 heavy (non-hydrogen) atoms. The van der Waals surface area contributed by atoms with Crippen LogP contribution in [0.2, 0.25) is 0 Å². The molecule has 166 valence electrons. The van der Waals surface area contributed by atoms with Crippen molar-refractivity contribution in [2.75, 3.05) is 33.4 Å². The van der Waals surface area contributed by atoms with Crippen LogP contribution >= 0.6 is 0 Å². The quantitative estimate of drug-likeness (QED) is 0.614. The van der Waals surface area contributed by atoms with E-state index in [4.69, 9.17) is 10.5 Å². The van der Waals surface area contributed by atoms with Crippen molar-refractivity contribution in [2.24, 2.45) is 10.7 Å². The highest BCUT2D eigenvalue weighted by atomic mass is 19.4. The summed E-state index contributed by atoms with van der Waals surface area (Å²) in [6.45, 7) is 3.94. The summed E-state index contributed by atoms with van der Waals surface area (Å²) < 4.78 is 61.2.